The van der Waals surface area contributed by atoms with Gasteiger partial charge in [-0.15, -0.1) is 0 Å². The highest BCUT2D eigenvalue weighted by Gasteiger charge is 2.13. The highest BCUT2D eigenvalue weighted by Crippen LogP contribution is 2.22. The quantitative estimate of drug-likeness (QED) is 0.854. The van der Waals surface area contributed by atoms with Gasteiger partial charge in [0, 0.05) is 31.1 Å². The summed E-state index contributed by atoms with van der Waals surface area (Å²) in [6.45, 7) is 1.82. The summed E-state index contributed by atoms with van der Waals surface area (Å²) in [6.07, 6.45) is 1.62. The fourth-order valence-corrected chi connectivity index (χ4v) is 1.77. The lowest BCUT2D eigenvalue weighted by molar-refractivity contribution is 0.447. The first-order valence-corrected chi connectivity index (χ1v) is 5.38. The largest absolute Gasteiger partial charge is 0.377 e. The Labute approximate surface area is 102 Å². The van der Waals surface area contributed by atoms with E-state index in [1.165, 1.54) is 0 Å². The lowest BCUT2D eigenvalue weighted by atomic mass is 10.2. The van der Waals surface area contributed by atoms with Gasteiger partial charge in [-0.1, -0.05) is 0 Å². The Hall–Kier alpha value is -1.98. The van der Waals surface area contributed by atoms with Gasteiger partial charge in [0.15, 0.2) is 17.5 Å². The van der Waals surface area contributed by atoms with Crippen molar-refractivity contribution in [2.75, 3.05) is 5.32 Å². The maximum Gasteiger partial charge on any atom is 0.194 e. The van der Waals surface area contributed by atoms with E-state index in [2.05, 4.69) is 10.4 Å². The number of nitrogens with zero attached hydrogens (tertiary/aromatic N) is 2. The molecule has 0 fully saturated rings. The molecule has 0 bridgehead atoms. The Morgan fingerprint density at radius 1 is 1.22 bits per heavy atom. The molecule has 1 unspecified atom stereocenters. The van der Waals surface area contributed by atoms with E-state index in [0.29, 0.717) is 0 Å². The predicted octanol–water partition coefficient (Wildman–Crippen LogP) is 3.01. The van der Waals surface area contributed by atoms with Gasteiger partial charge in [-0.05, 0) is 13.0 Å². The van der Waals surface area contributed by atoms with Crippen LogP contribution in [0.1, 0.15) is 18.7 Å². The standard InChI is InChI=1S/C12H12F3N3/c1-7(11-3-4-16-18(11)2)17-8-5-9(13)12(15)10(14)6-8/h3-7,17H,1-2H3. The summed E-state index contributed by atoms with van der Waals surface area (Å²) in [5.74, 6) is -3.89. The lowest BCUT2D eigenvalue weighted by Crippen LogP contribution is -2.12. The highest BCUT2D eigenvalue weighted by molar-refractivity contribution is 5.45. The molecule has 0 amide bonds. The number of hydrogen-bond donors (Lipinski definition) is 1. The molecule has 1 N–H and O–H groups in total. The van der Waals surface area contributed by atoms with E-state index in [9.17, 15) is 13.2 Å². The van der Waals surface area contributed by atoms with Crippen LogP contribution in [0.25, 0.3) is 0 Å². The molecule has 1 heterocycles. The smallest absolute Gasteiger partial charge is 0.194 e. The first-order valence-electron chi connectivity index (χ1n) is 5.38. The van der Waals surface area contributed by atoms with Gasteiger partial charge in [0.05, 0.1) is 11.7 Å². The molecule has 2 aromatic rings. The van der Waals surface area contributed by atoms with Crippen molar-refractivity contribution < 1.29 is 13.2 Å². The number of halogens is 3. The first-order chi connectivity index (χ1) is 8.49. The average molecular weight is 255 g/mol. The number of aromatic nitrogens is 2. The molecule has 2 rings (SSSR count). The number of anilines is 1. The van der Waals surface area contributed by atoms with E-state index in [1.54, 1.807) is 24.0 Å². The summed E-state index contributed by atoms with van der Waals surface area (Å²) in [6, 6.07) is 3.42. The monoisotopic (exact) mass is 255 g/mol. The first kappa shape index (κ1) is 12.5. The summed E-state index contributed by atoms with van der Waals surface area (Å²) in [7, 11) is 1.76. The highest BCUT2D eigenvalue weighted by atomic mass is 19.2. The molecule has 0 radical (unpaired) electrons. The van der Waals surface area contributed by atoms with E-state index < -0.39 is 17.5 Å². The second-order valence-electron chi connectivity index (χ2n) is 4.00. The van der Waals surface area contributed by atoms with Crippen molar-refractivity contribution in [3.63, 3.8) is 0 Å². The van der Waals surface area contributed by atoms with Crippen molar-refractivity contribution in [1.82, 2.24) is 9.78 Å². The minimum Gasteiger partial charge on any atom is -0.377 e. The molecule has 6 heteroatoms. The van der Waals surface area contributed by atoms with Crippen LogP contribution in [0.4, 0.5) is 18.9 Å². The third kappa shape index (κ3) is 2.32. The summed E-state index contributed by atoms with van der Waals surface area (Å²) in [5, 5.41) is 6.88. The van der Waals surface area contributed by atoms with E-state index in [1.807, 2.05) is 6.92 Å². The number of aryl methyl sites for hydroxylation is 1. The molecular formula is C12H12F3N3. The second kappa shape index (κ2) is 4.72. The van der Waals surface area contributed by atoms with Crippen molar-refractivity contribution in [1.29, 1.82) is 0 Å². The lowest BCUT2D eigenvalue weighted by Gasteiger charge is -2.15. The van der Waals surface area contributed by atoms with Crippen LogP contribution in [0.5, 0.6) is 0 Å². The molecule has 1 aromatic heterocycles. The van der Waals surface area contributed by atoms with Crippen LogP contribution in [0.15, 0.2) is 24.4 Å². The van der Waals surface area contributed by atoms with Crippen molar-refractivity contribution in [3.8, 4) is 0 Å². The summed E-state index contributed by atoms with van der Waals surface area (Å²) in [4.78, 5) is 0. The van der Waals surface area contributed by atoms with Crippen molar-refractivity contribution in [2.24, 2.45) is 7.05 Å². The van der Waals surface area contributed by atoms with Crippen LogP contribution in [0.2, 0.25) is 0 Å². The normalized spacial score (nSPS) is 12.5. The van der Waals surface area contributed by atoms with Gasteiger partial charge >= 0.3 is 0 Å². The van der Waals surface area contributed by atoms with Gasteiger partial charge < -0.3 is 5.32 Å². The van der Waals surface area contributed by atoms with E-state index in [4.69, 9.17) is 0 Å². The SMILES string of the molecule is CC(Nc1cc(F)c(F)c(F)c1)c1ccnn1C. The third-order valence-electron chi connectivity index (χ3n) is 2.67. The molecule has 0 saturated heterocycles. The Balaban J connectivity index is 2.22. The Morgan fingerprint density at radius 3 is 2.33 bits per heavy atom. The summed E-state index contributed by atoms with van der Waals surface area (Å²) in [5.41, 5.74) is 1.03. The Bertz CT molecular complexity index is 542. The molecule has 18 heavy (non-hydrogen) atoms. The number of hydrogen-bond acceptors (Lipinski definition) is 2. The number of nitrogens with one attached hydrogen (secondary N) is 1. The second-order valence-corrected chi connectivity index (χ2v) is 4.00. The zero-order chi connectivity index (χ0) is 13.3. The zero-order valence-electron chi connectivity index (χ0n) is 9.92. The van der Waals surface area contributed by atoms with Gasteiger partial charge in [0.1, 0.15) is 0 Å². The van der Waals surface area contributed by atoms with Gasteiger partial charge in [-0.25, -0.2) is 13.2 Å². The molecule has 96 valence electrons. The van der Waals surface area contributed by atoms with Crippen LogP contribution in [-0.2, 0) is 7.05 Å². The number of benzene rings is 1. The van der Waals surface area contributed by atoms with Crippen molar-refractivity contribution in [3.05, 3.63) is 47.5 Å². The van der Waals surface area contributed by atoms with Crippen LogP contribution < -0.4 is 5.32 Å². The molecule has 1 aromatic carbocycles. The van der Waals surface area contributed by atoms with E-state index in [-0.39, 0.29) is 11.7 Å². The summed E-state index contributed by atoms with van der Waals surface area (Å²) >= 11 is 0. The molecule has 0 aliphatic heterocycles. The number of rotatable bonds is 3. The Morgan fingerprint density at radius 2 is 1.83 bits per heavy atom. The van der Waals surface area contributed by atoms with Crippen molar-refractivity contribution >= 4 is 5.69 Å². The zero-order valence-corrected chi connectivity index (χ0v) is 9.92. The fourth-order valence-electron chi connectivity index (χ4n) is 1.77. The molecular weight excluding hydrogens is 243 g/mol. The van der Waals surface area contributed by atoms with E-state index in [0.717, 1.165) is 17.8 Å². The maximum atomic E-state index is 13.0. The minimum atomic E-state index is -1.46. The van der Waals surface area contributed by atoms with Gasteiger partial charge in [0.2, 0.25) is 0 Å². The molecule has 0 aliphatic carbocycles. The fraction of sp³-hybridized carbons (Fsp3) is 0.250. The topological polar surface area (TPSA) is 29.9 Å². The Kier molecular flexibility index (Phi) is 3.27. The molecule has 0 spiro atoms. The average Bonchev–Trinajstić information content (AvgIpc) is 2.72. The van der Waals surface area contributed by atoms with Crippen LogP contribution >= 0.6 is 0 Å². The van der Waals surface area contributed by atoms with Crippen LogP contribution in [0, 0.1) is 17.5 Å². The van der Waals surface area contributed by atoms with Gasteiger partial charge in [-0.2, -0.15) is 5.10 Å². The van der Waals surface area contributed by atoms with Crippen molar-refractivity contribution in [2.45, 2.75) is 13.0 Å². The predicted molar refractivity (Wildman–Crippen MR) is 61.6 cm³/mol. The molecule has 3 nitrogen and oxygen atoms in total. The van der Waals surface area contributed by atoms with Crippen LogP contribution in [-0.4, -0.2) is 9.78 Å². The van der Waals surface area contributed by atoms with Crippen LogP contribution in [0.3, 0.4) is 0 Å². The minimum absolute atomic E-state index is 0.181. The van der Waals surface area contributed by atoms with E-state index >= 15 is 0 Å². The maximum absolute atomic E-state index is 13.0. The summed E-state index contributed by atoms with van der Waals surface area (Å²) < 4.78 is 40.5. The third-order valence-corrected chi connectivity index (χ3v) is 2.67. The molecule has 0 saturated carbocycles. The molecule has 0 aliphatic rings. The van der Waals surface area contributed by atoms with Gasteiger partial charge in [-0.3, -0.25) is 4.68 Å². The molecule has 1 atom stereocenters. The van der Waals surface area contributed by atoms with Gasteiger partial charge in [0.25, 0.3) is 0 Å².